The summed E-state index contributed by atoms with van der Waals surface area (Å²) in [7, 11) is 0. The van der Waals surface area contributed by atoms with Crippen LogP contribution in [-0.2, 0) is 4.74 Å². The quantitative estimate of drug-likeness (QED) is 0.679. The van der Waals surface area contributed by atoms with E-state index in [2.05, 4.69) is 22.9 Å². The van der Waals surface area contributed by atoms with Crippen molar-refractivity contribution in [2.75, 3.05) is 11.9 Å². The van der Waals surface area contributed by atoms with Gasteiger partial charge >= 0.3 is 0 Å². The largest absolute Gasteiger partial charge is 0.378 e. The van der Waals surface area contributed by atoms with Crippen LogP contribution in [0.1, 0.15) is 39.0 Å². The van der Waals surface area contributed by atoms with Crippen molar-refractivity contribution in [3.05, 3.63) is 0 Å². The fourth-order valence-electron chi connectivity index (χ4n) is 1.58. The molecule has 1 aliphatic carbocycles. The van der Waals surface area contributed by atoms with E-state index in [9.17, 15) is 0 Å². The molecule has 1 atom stereocenters. The monoisotopic (exact) mass is 234 g/mol. The van der Waals surface area contributed by atoms with Crippen LogP contribution >= 0.6 is 15.9 Å². The number of halogens is 1. The Balaban J connectivity index is 2.05. The molecule has 0 spiro atoms. The maximum Gasteiger partial charge on any atom is 0.0575 e. The summed E-state index contributed by atoms with van der Waals surface area (Å²) in [6.45, 7) is 3.15. The molecular formula is C10H19BrO. The van der Waals surface area contributed by atoms with E-state index >= 15 is 0 Å². The summed E-state index contributed by atoms with van der Waals surface area (Å²) in [6.07, 6.45) is 7.29. The Morgan fingerprint density at radius 2 is 2.00 bits per heavy atom. The Morgan fingerprint density at radius 3 is 2.58 bits per heavy atom. The van der Waals surface area contributed by atoms with Crippen molar-refractivity contribution in [3.8, 4) is 0 Å². The molecule has 12 heavy (non-hydrogen) atoms. The van der Waals surface area contributed by atoms with Gasteiger partial charge in [-0.05, 0) is 18.8 Å². The normalized spacial score (nSPS) is 22.5. The average molecular weight is 235 g/mol. The average Bonchev–Trinajstić information content (AvgIpc) is 2.16. The molecule has 0 aromatic rings. The predicted octanol–water partition coefficient (Wildman–Crippen LogP) is 3.37. The lowest BCUT2D eigenvalue weighted by molar-refractivity contribution is 0.0146. The third kappa shape index (κ3) is 3.90. The van der Waals surface area contributed by atoms with Crippen molar-refractivity contribution >= 4 is 15.9 Å². The lowest BCUT2D eigenvalue weighted by Crippen LogP contribution is -2.20. The second-order valence-corrected chi connectivity index (χ2v) is 4.50. The molecular weight excluding hydrogens is 216 g/mol. The van der Waals surface area contributed by atoms with Crippen molar-refractivity contribution < 1.29 is 4.74 Å². The molecule has 1 fully saturated rings. The van der Waals surface area contributed by atoms with Gasteiger partial charge in [-0.3, -0.25) is 0 Å². The summed E-state index contributed by atoms with van der Waals surface area (Å²) < 4.78 is 5.81. The van der Waals surface area contributed by atoms with Crippen LogP contribution in [0.3, 0.4) is 0 Å². The molecule has 0 aromatic carbocycles. The third-order valence-corrected chi connectivity index (χ3v) is 3.54. The maximum absolute atomic E-state index is 5.81. The van der Waals surface area contributed by atoms with Gasteiger partial charge in [-0.25, -0.2) is 0 Å². The molecule has 0 aliphatic heterocycles. The lowest BCUT2D eigenvalue weighted by Gasteiger charge is -2.23. The van der Waals surface area contributed by atoms with Gasteiger partial charge in [0.1, 0.15) is 0 Å². The van der Waals surface area contributed by atoms with Crippen molar-refractivity contribution in [3.63, 3.8) is 0 Å². The van der Waals surface area contributed by atoms with Crippen LogP contribution in [0.25, 0.3) is 0 Å². The van der Waals surface area contributed by atoms with Gasteiger partial charge in [-0.15, -0.1) is 0 Å². The third-order valence-electron chi connectivity index (χ3n) is 2.43. The Hall–Kier alpha value is 0.440. The van der Waals surface area contributed by atoms with E-state index in [4.69, 9.17) is 4.74 Å². The minimum Gasteiger partial charge on any atom is -0.378 e. The molecule has 1 unspecified atom stereocenters. The molecule has 1 rings (SSSR count). The smallest absolute Gasteiger partial charge is 0.0575 e. The zero-order valence-electron chi connectivity index (χ0n) is 7.89. The molecule has 0 heterocycles. The molecule has 0 N–H and O–H groups in total. The Kier molecular flexibility index (Phi) is 5.24. The van der Waals surface area contributed by atoms with E-state index in [1.54, 1.807) is 0 Å². The maximum atomic E-state index is 5.81. The van der Waals surface area contributed by atoms with E-state index in [1.807, 2.05) is 0 Å². The minimum atomic E-state index is 0.570. The highest BCUT2D eigenvalue weighted by atomic mass is 79.9. The first-order valence-corrected chi connectivity index (χ1v) is 6.12. The summed E-state index contributed by atoms with van der Waals surface area (Å²) in [5, 5.41) is 1.06. The van der Waals surface area contributed by atoms with Gasteiger partial charge in [-0.2, -0.15) is 0 Å². The van der Waals surface area contributed by atoms with E-state index in [-0.39, 0.29) is 0 Å². The molecule has 0 bridgehead atoms. The molecule has 0 amide bonds. The van der Waals surface area contributed by atoms with Crippen molar-refractivity contribution in [1.29, 1.82) is 0 Å². The molecule has 0 saturated heterocycles. The molecule has 1 nitrogen and oxygen atoms in total. The predicted molar refractivity (Wildman–Crippen MR) is 55.8 cm³/mol. The Labute approximate surface area is 84.0 Å². The molecule has 1 aliphatic rings. The van der Waals surface area contributed by atoms with Gasteiger partial charge in [0.15, 0.2) is 0 Å². The molecule has 1 saturated carbocycles. The van der Waals surface area contributed by atoms with Crippen LogP contribution in [-0.4, -0.2) is 18.0 Å². The minimum absolute atomic E-state index is 0.570. The number of hydrogen-bond acceptors (Lipinski definition) is 1. The first kappa shape index (κ1) is 10.5. The summed E-state index contributed by atoms with van der Waals surface area (Å²) in [5.74, 6) is 0.659. The number of ether oxygens (including phenoxy) is 1. The van der Waals surface area contributed by atoms with Crippen molar-refractivity contribution in [1.82, 2.24) is 0 Å². The van der Waals surface area contributed by atoms with Crippen LogP contribution in [0.2, 0.25) is 0 Å². The number of rotatable bonds is 4. The SMILES string of the molecule is CC(CBr)COC1CCCCC1. The standard InChI is InChI=1S/C10H19BrO/c1-9(7-11)8-12-10-5-3-2-4-6-10/h9-10H,2-8H2,1H3. The van der Waals surface area contributed by atoms with Crippen LogP contribution < -0.4 is 0 Å². The van der Waals surface area contributed by atoms with Crippen LogP contribution in [0, 0.1) is 5.92 Å². The summed E-state index contributed by atoms with van der Waals surface area (Å²) in [4.78, 5) is 0. The molecule has 0 aromatic heterocycles. The molecule has 72 valence electrons. The first-order valence-electron chi connectivity index (χ1n) is 5.00. The second kappa shape index (κ2) is 5.98. The zero-order chi connectivity index (χ0) is 8.81. The van der Waals surface area contributed by atoms with E-state index in [0.717, 1.165) is 11.9 Å². The summed E-state index contributed by atoms with van der Waals surface area (Å²) in [6, 6.07) is 0. The zero-order valence-corrected chi connectivity index (χ0v) is 9.48. The van der Waals surface area contributed by atoms with Gasteiger partial charge < -0.3 is 4.74 Å². The highest BCUT2D eigenvalue weighted by Crippen LogP contribution is 2.20. The van der Waals surface area contributed by atoms with Gasteiger partial charge in [0, 0.05) is 5.33 Å². The number of hydrogen-bond donors (Lipinski definition) is 0. The van der Waals surface area contributed by atoms with Crippen molar-refractivity contribution in [2.45, 2.75) is 45.1 Å². The van der Waals surface area contributed by atoms with Crippen LogP contribution in [0.4, 0.5) is 0 Å². The molecule has 0 radical (unpaired) electrons. The second-order valence-electron chi connectivity index (χ2n) is 3.85. The van der Waals surface area contributed by atoms with Gasteiger partial charge in [-0.1, -0.05) is 42.1 Å². The van der Waals surface area contributed by atoms with Gasteiger partial charge in [0.25, 0.3) is 0 Å². The first-order chi connectivity index (χ1) is 5.83. The fourth-order valence-corrected chi connectivity index (χ4v) is 1.76. The summed E-state index contributed by atoms with van der Waals surface area (Å²) >= 11 is 3.46. The number of alkyl halides is 1. The molecule has 2 heteroatoms. The van der Waals surface area contributed by atoms with Gasteiger partial charge in [0.05, 0.1) is 12.7 Å². The van der Waals surface area contributed by atoms with Gasteiger partial charge in [0.2, 0.25) is 0 Å². The van der Waals surface area contributed by atoms with Crippen LogP contribution in [0.15, 0.2) is 0 Å². The van der Waals surface area contributed by atoms with E-state index in [0.29, 0.717) is 12.0 Å². The highest BCUT2D eigenvalue weighted by Gasteiger charge is 2.14. The summed E-state index contributed by atoms with van der Waals surface area (Å²) in [5.41, 5.74) is 0. The van der Waals surface area contributed by atoms with E-state index in [1.165, 1.54) is 32.1 Å². The Morgan fingerprint density at radius 1 is 1.33 bits per heavy atom. The van der Waals surface area contributed by atoms with Crippen molar-refractivity contribution in [2.24, 2.45) is 5.92 Å². The highest BCUT2D eigenvalue weighted by molar-refractivity contribution is 9.09. The Bertz CT molecular complexity index is 110. The topological polar surface area (TPSA) is 9.23 Å². The lowest BCUT2D eigenvalue weighted by atomic mass is 9.98. The van der Waals surface area contributed by atoms with Crippen LogP contribution in [0.5, 0.6) is 0 Å². The van der Waals surface area contributed by atoms with E-state index < -0.39 is 0 Å². The fraction of sp³-hybridized carbons (Fsp3) is 1.00.